The Bertz CT molecular complexity index is 908. The van der Waals surface area contributed by atoms with Crippen molar-refractivity contribution in [1.29, 1.82) is 0 Å². The van der Waals surface area contributed by atoms with Crippen LogP contribution in [0.15, 0.2) is 42.5 Å². The van der Waals surface area contributed by atoms with Crippen LogP contribution < -0.4 is 4.90 Å². The van der Waals surface area contributed by atoms with Gasteiger partial charge in [-0.2, -0.15) is 0 Å². The normalized spacial score (nSPS) is 15.9. The van der Waals surface area contributed by atoms with E-state index in [1.54, 1.807) is 0 Å². The molecular formula is C23H27NOSi. The summed E-state index contributed by atoms with van der Waals surface area (Å²) in [5.74, 6) is 3.47. The van der Waals surface area contributed by atoms with Crippen molar-refractivity contribution in [2.24, 2.45) is 0 Å². The van der Waals surface area contributed by atoms with Gasteiger partial charge in [0.2, 0.25) is 5.91 Å². The molecule has 0 aromatic heterocycles. The van der Waals surface area contributed by atoms with E-state index in [-0.39, 0.29) is 11.3 Å². The van der Waals surface area contributed by atoms with E-state index in [1.165, 1.54) is 11.1 Å². The van der Waals surface area contributed by atoms with Gasteiger partial charge in [0.1, 0.15) is 8.07 Å². The summed E-state index contributed by atoms with van der Waals surface area (Å²) in [6.07, 6.45) is 0.508. The summed E-state index contributed by atoms with van der Waals surface area (Å²) in [4.78, 5) is 14.8. The smallest absolute Gasteiger partial charge is 0.232 e. The number of benzene rings is 2. The molecule has 0 saturated heterocycles. The fraction of sp³-hybridized carbons (Fsp3) is 0.348. The summed E-state index contributed by atoms with van der Waals surface area (Å²) in [6, 6.07) is 14.5. The first-order chi connectivity index (χ1) is 12.1. The quantitative estimate of drug-likeness (QED) is 0.480. The lowest BCUT2D eigenvalue weighted by atomic mass is 9.77. The Kier molecular flexibility index (Phi) is 4.58. The molecule has 3 rings (SSSR count). The third-order valence-corrected chi connectivity index (χ3v) is 5.56. The highest BCUT2D eigenvalue weighted by Gasteiger charge is 2.37. The monoisotopic (exact) mass is 361 g/mol. The number of carbonyl (C=O) groups excluding carboxylic acids is 1. The summed E-state index contributed by atoms with van der Waals surface area (Å²) < 4.78 is 0. The standard InChI is InChI=1S/C23H27NOSi/c1-17-7-10-19(11-8-17)24-21-15-18(13-14-26(4,5)6)9-12-20(21)23(2,3)16-22(24)25/h7-12,15H,16H2,1-6H3. The van der Waals surface area contributed by atoms with Crippen molar-refractivity contribution in [1.82, 2.24) is 0 Å². The Morgan fingerprint density at radius 1 is 1.04 bits per heavy atom. The van der Waals surface area contributed by atoms with Gasteiger partial charge in [0.05, 0.1) is 5.69 Å². The lowest BCUT2D eigenvalue weighted by molar-refractivity contribution is -0.119. The van der Waals surface area contributed by atoms with Crippen molar-refractivity contribution in [2.45, 2.75) is 52.2 Å². The second-order valence-electron chi connectivity index (χ2n) is 8.86. The highest BCUT2D eigenvalue weighted by molar-refractivity contribution is 6.83. The number of hydrogen-bond donors (Lipinski definition) is 0. The highest BCUT2D eigenvalue weighted by Crippen LogP contribution is 2.43. The Hall–Kier alpha value is -2.31. The molecule has 134 valence electrons. The molecule has 0 aliphatic carbocycles. The maximum absolute atomic E-state index is 13.0. The molecule has 2 nitrogen and oxygen atoms in total. The third kappa shape index (κ3) is 3.76. The SMILES string of the molecule is Cc1ccc(N2C(=O)CC(C)(C)c3ccc(C#C[Si](C)(C)C)cc32)cc1. The van der Waals surface area contributed by atoms with Crippen molar-refractivity contribution >= 4 is 25.4 Å². The van der Waals surface area contributed by atoms with Gasteiger partial charge in [-0.1, -0.05) is 63.2 Å². The number of rotatable bonds is 1. The molecule has 0 saturated carbocycles. The Morgan fingerprint density at radius 2 is 1.69 bits per heavy atom. The molecule has 0 fully saturated rings. The van der Waals surface area contributed by atoms with Crippen LogP contribution in [0.25, 0.3) is 0 Å². The molecule has 1 aliphatic heterocycles. The number of nitrogens with zero attached hydrogens (tertiary/aromatic N) is 1. The van der Waals surface area contributed by atoms with E-state index >= 15 is 0 Å². The minimum atomic E-state index is -1.45. The second-order valence-corrected chi connectivity index (χ2v) is 13.6. The summed E-state index contributed by atoms with van der Waals surface area (Å²) in [5.41, 5.74) is 8.52. The molecule has 0 bridgehead atoms. The maximum atomic E-state index is 13.0. The minimum absolute atomic E-state index is 0.140. The molecule has 0 N–H and O–H groups in total. The Morgan fingerprint density at radius 3 is 2.31 bits per heavy atom. The maximum Gasteiger partial charge on any atom is 0.232 e. The van der Waals surface area contributed by atoms with Crippen molar-refractivity contribution in [3.63, 3.8) is 0 Å². The molecule has 1 aliphatic rings. The van der Waals surface area contributed by atoms with Gasteiger partial charge < -0.3 is 0 Å². The predicted molar refractivity (Wildman–Crippen MR) is 113 cm³/mol. The van der Waals surface area contributed by atoms with Crippen LogP contribution in [0.5, 0.6) is 0 Å². The third-order valence-electron chi connectivity index (χ3n) is 4.68. The summed E-state index contributed by atoms with van der Waals surface area (Å²) in [6.45, 7) is 13.1. The summed E-state index contributed by atoms with van der Waals surface area (Å²) >= 11 is 0. The van der Waals surface area contributed by atoms with Gasteiger partial charge in [0, 0.05) is 23.1 Å². The van der Waals surface area contributed by atoms with Crippen LogP contribution >= 0.6 is 0 Å². The number of amides is 1. The minimum Gasteiger partial charge on any atom is -0.281 e. The van der Waals surface area contributed by atoms with Crippen LogP contribution in [0.1, 0.15) is 37.0 Å². The zero-order valence-corrected chi connectivity index (χ0v) is 17.6. The Balaban J connectivity index is 2.15. The average molecular weight is 362 g/mol. The molecule has 0 unspecified atom stereocenters. The molecular weight excluding hydrogens is 334 g/mol. The van der Waals surface area contributed by atoms with Gasteiger partial charge in [0.25, 0.3) is 0 Å². The van der Waals surface area contributed by atoms with Crippen molar-refractivity contribution in [3.05, 3.63) is 59.2 Å². The van der Waals surface area contributed by atoms with Crippen molar-refractivity contribution in [2.75, 3.05) is 4.90 Å². The molecule has 0 radical (unpaired) electrons. The number of fused-ring (bicyclic) bond motifs is 1. The first kappa shape index (κ1) is 18.5. The van der Waals surface area contributed by atoms with E-state index in [9.17, 15) is 4.79 Å². The highest BCUT2D eigenvalue weighted by atomic mass is 28.3. The fourth-order valence-electron chi connectivity index (χ4n) is 3.29. The van der Waals surface area contributed by atoms with Crippen LogP contribution in [0.3, 0.4) is 0 Å². The lowest BCUT2D eigenvalue weighted by Gasteiger charge is -2.38. The van der Waals surface area contributed by atoms with Gasteiger partial charge >= 0.3 is 0 Å². The van der Waals surface area contributed by atoms with E-state index in [1.807, 2.05) is 17.0 Å². The number of anilines is 2. The molecule has 2 aromatic rings. The largest absolute Gasteiger partial charge is 0.281 e. The predicted octanol–water partition coefficient (Wildman–Crippen LogP) is 5.57. The molecule has 1 heterocycles. The van der Waals surface area contributed by atoms with Crippen LogP contribution in [0, 0.1) is 18.4 Å². The molecule has 0 spiro atoms. The topological polar surface area (TPSA) is 20.3 Å². The first-order valence-electron chi connectivity index (χ1n) is 9.14. The van der Waals surface area contributed by atoms with Crippen molar-refractivity contribution in [3.8, 4) is 11.5 Å². The van der Waals surface area contributed by atoms with Gasteiger partial charge in [-0.15, -0.1) is 5.54 Å². The summed E-state index contributed by atoms with van der Waals surface area (Å²) in [5, 5.41) is 0. The zero-order chi connectivity index (χ0) is 19.1. The van der Waals surface area contributed by atoms with E-state index in [0.29, 0.717) is 6.42 Å². The summed E-state index contributed by atoms with van der Waals surface area (Å²) in [7, 11) is -1.45. The van der Waals surface area contributed by atoms with Gasteiger partial charge in [-0.05, 0) is 36.8 Å². The number of carbonyl (C=O) groups is 1. The molecule has 26 heavy (non-hydrogen) atoms. The van der Waals surface area contributed by atoms with E-state index in [2.05, 4.69) is 82.2 Å². The fourth-order valence-corrected chi connectivity index (χ4v) is 3.81. The van der Waals surface area contributed by atoms with E-state index in [4.69, 9.17) is 0 Å². The van der Waals surface area contributed by atoms with Gasteiger partial charge in [-0.25, -0.2) is 0 Å². The average Bonchev–Trinajstić information content (AvgIpc) is 2.53. The van der Waals surface area contributed by atoms with Crippen LogP contribution in [0.4, 0.5) is 11.4 Å². The molecule has 3 heteroatoms. The number of hydrogen-bond acceptors (Lipinski definition) is 1. The first-order valence-corrected chi connectivity index (χ1v) is 12.6. The molecule has 1 amide bonds. The Labute approximate surface area is 158 Å². The lowest BCUT2D eigenvalue weighted by Crippen LogP contribution is -2.39. The van der Waals surface area contributed by atoms with E-state index < -0.39 is 8.07 Å². The molecule has 0 atom stereocenters. The molecule has 2 aromatic carbocycles. The van der Waals surface area contributed by atoms with E-state index in [0.717, 1.165) is 16.9 Å². The van der Waals surface area contributed by atoms with Crippen molar-refractivity contribution < 1.29 is 4.79 Å². The van der Waals surface area contributed by atoms with Gasteiger partial charge in [0.15, 0.2) is 0 Å². The van der Waals surface area contributed by atoms with Crippen LogP contribution in [0.2, 0.25) is 19.6 Å². The van der Waals surface area contributed by atoms with Crippen LogP contribution in [-0.2, 0) is 10.2 Å². The van der Waals surface area contributed by atoms with Crippen LogP contribution in [-0.4, -0.2) is 14.0 Å². The number of aryl methyl sites for hydroxylation is 1. The zero-order valence-electron chi connectivity index (χ0n) is 16.6. The second kappa shape index (κ2) is 6.45. The van der Waals surface area contributed by atoms with Gasteiger partial charge in [-0.3, -0.25) is 9.69 Å².